The summed E-state index contributed by atoms with van der Waals surface area (Å²) in [4.78, 5) is 24.8. The lowest BCUT2D eigenvalue weighted by molar-refractivity contribution is -0.111. The third kappa shape index (κ3) is 5.22. The second-order valence-electron chi connectivity index (χ2n) is 6.94. The molecule has 0 aliphatic carbocycles. The number of hydrogen-bond acceptors (Lipinski definition) is 4. The zero-order valence-electron chi connectivity index (χ0n) is 16.7. The number of hydrogen-bond donors (Lipinski definition) is 2. The van der Waals surface area contributed by atoms with Gasteiger partial charge in [0.15, 0.2) is 0 Å². The van der Waals surface area contributed by atoms with Crippen molar-refractivity contribution in [3.63, 3.8) is 0 Å². The second kappa shape index (κ2) is 9.05. The zero-order chi connectivity index (χ0) is 20.8. The number of amides is 2. The van der Waals surface area contributed by atoms with Gasteiger partial charge in [0.25, 0.3) is 5.91 Å². The van der Waals surface area contributed by atoms with Crippen LogP contribution < -0.4 is 10.6 Å². The normalized spacial score (nSPS) is 11.2. The Morgan fingerprint density at radius 1 is 1.21 bits per heavy atom. The van der Waals surface area contributed by atoms with E-state index in [1.54, 1.807) is 31.5 Å². The van der Waals surface area contributed by atoms with Crippen molar-refractivity contribution in [2.75, 3.05) is 5.32 Å². The fourth-order valence-corrected chi connectivity index (χ4v) is 2.80. The van der Waals surface area contributed by atoms with Crippen molar-refractivity contribution in [2.45, 2.75) is 26.3 Å². The van der Waals surface area contributed by atoms with Gasteiger partial charge in [0.05, 0.1) is 24.7 Å². The molecule has 3 aromatic rings. The van der Waals surface area contributed by atoms with Crippen LogP contribution in [0.3, 0.4) is 0 Å². The summed E-state index contributed by atoms with van der Waals surface area (Å²) < 4.78 is 6.62. The first kappa shape index (κ1) is 20.1. The van der Waals surface area contributed by atoms with E-state index in [1.165, 1.54) is 22.5 Å². The maximum Gasteiger partial charge on any atom is 0.272 e. The molecule has 2 heterocycles. The van der Waals surface area contributed by atoms with Crippen LogP contribution in [0, 0.1) is 0 Å². The Bertz CT molecular complexity index is 999. The molecular formula is C22H24N4O3. The average molecular weight is 392 g/mol. The van der Waals surface area contributed by atoms with E-state index < -0.39 is 0 Å². The minimum atomic E-state index is -0.357. The third-order valence-electron chi connectivity index (χ3n) is 4.45. The second-order valence-corrected chi connectivity index (χ2v) is 6.94. The molecule has 150 valence electrons. The maximum atomic E-state index is 12.5. The molecule has 29 heavy (non-hydrogen) atoms. The predicted octanol–water partition coefficient (Wildman–Crippen LogP) is 3.72. The van der Waals surface area contributed by atoms with Crippen molar-refractivity contribution >= 4 is 23.6 Å². The van der Waals surface area contributed by atoms with Gasteiger partial charge in [0, 0.05) is 13.1 Å². The summed E-state index contributed by atoms with van der Waals surface area (Å²) >= 11 is 0. The van der Waals surface area contributed by atoms with Crippen molar-refractivity contribution in [3.05, 3.63) is 77.5 Å². The molecule has 3 rings (SSSR count). The van der Waals surface area contributed by atoms with E-state index in [1.807, 2.05) is 24.3 Å². The topological polar surface area (TPSA) is 89.2 Å². The largest absolute Gasteiger partial charge is 0.467 e. The molecule has 0 spiro atoms. The maximum absolute atomic E-state index is 12.5. The van der Waals surface area contributed by atoms with Crippen molar-refractivity contribution in [1.82, 2.24) is 15.1 Å². The van der Waals surface area contributed by atoms with Crippen LogP contribution in [-0.4, -0.2) is 21.6 Å². The van der Waals surface area contributed by atoms with Gasteiger partial charge in [-0.25, -0.2) is 0 Å². The Morgan fingerprint density at radius 2 is 1.97 bits per heavy atom. The number of nitrogens with zero attached hydrogens (tertiary/aromatic N) is 2. The van der Waals surface area contributed by atoms with Gasteiger partial charge in [0.2, 0.25) is 5.91 Å². The van der Waals surface area contributed by atoms with Crippen LogP contribution in [-0.2, 0) is 18.4 Å². The summed E-state index contributed by atoms with van der Waals surface area (Å²) in [6.45, 7) is 4.51. The van der Waals surface area contributed by atoms with E-state index >= 15 is 0 Å². The first-order valence-corrected chi connectivity index (χ1v) is 9.35. The molecule has 7 nitrogen and oxygen atoms in total. The van der Waals surface area contributed by atoms with Gasteiger partial charge in [-0.2, -0.15) is 5.10 Å². The third-order valence-corrected chi connectivity index (χ3v) is 4.45. The van der Waals surface area contributed by atoms with E-state index in [0.717, 1.165) is 5.56 Å². The lowest BCUT2D eigenvalue weighted by Crippen LogP contribution is -2.26. The number of aromatic nitrogens is 2. The molecule has 2 N–H and O–H groups in total. The van der Waals surface area contributed by atoms with Crippen molar-refractivity contribution < 1.29 is 14.0 Å². The molecule has 1 aromatic carbocycles. The Kier molecular flexibility index (Phi) is 6.29. The lowest BCUT2D eigenvalue weighted by Gasteiger charge is -2.07. The minimum Gasteiger partial charge on any atom is -0.467 e. The summed E-state index contributed by atoms with van der Waals surface area (Å²) in [5.74, 6) is 0.396. The Hall–Kier alpha value is -3.61. The van der Waals surface area contributed by atoms with Gasteiger partial charge in [-0.05, 0) is 35.3 Å². The molecule has 2 aromatic heterocycles. The number of anilines is 1. The SMILES string of the molecule is CC(C)c1ccc(/C=C/C(=O)Nc2cnn(C)c2C(=O)NCc2ccco2)cc1. The molecule has 7 heteroatoms. The van der Waals surface area contributed by atoms with Gasteiger partial charge in [-0.3, -0.25) is 14.3 Å². The molecule has 0 bridgehead atoms. The number of rotatable bonds is 7. The summed E-state index contributed by atoms with van der Waals surface area (Å²) in [5.41, 5.74) is 2.77. The van der Waals surface area contributed by atoms with Gasteiger partial charge >= 0.3 is 0 Å². The number of nitrogens with one attached hydrogen (secondary N) is 2. The Morgan fingerprint density at radius 3 is 2.62 bits per heavy atom. The minimum absolute atomic E-state index is 0.247. The monoisotopic (exact) mass is 392 g/mol. The summed E-state index contributed by atoms with van der Waals surface area (Å²) in [6.07, 6.45) is 6.15. The molecular weight excluding hydrogens is 368 g/mol. The van der Waals surface area contributed by atoms with Gasteiger partial charge < -0.3 is 15.1 Å². The summed E-state index contributed by atoms with van der Waals surface area (Å²) in [6, 6.07) is 11.5. The molecule has 0 aliphatic heterocycles. The fraction of sp³-hybridized carbons (Fsp3) is 0.227. The number of aryl methyl sites for hydroxylation is 1. The molecule has 0 atom stereocenters. The van der Waals surface area contributed by atoms with E-state index in [-0.39, 0.29) is 24.1 Å². The van der Waals surface area contributed by atoms with Crippen LogP contribution in [0.5, 0.6) is 0 Å². The van der Waals surface area contributed by atoms with E-state index in [2.05, 4.69) is 29.6 Å². The van der Waals surface area contributed by atoms with Crippen LogP contribution in [0.25, 0.3) is 6.08 Å². The summed E-state index contributed by atoms with van der Waals surface area (Å²) in [5, 5.41) is 9.54. The van der Waals surface area contributed by atoms with Crippen LogP contribution in [0.2, 0.25) is 0 Å². The van der Waals surface area contributed by atoms with E-state index in [0.29, 0.717) is 17.4 Å². The van der Waals surface area contributed by atoms with Gasteiger partial charge in [-0.1, -0.05) is 38.1 Å². The predicted molar refractivity (Wildman–Crippen MR) is 111 cm³/mol. The highest BCUT2D eigenvalue weighted by Crippen LogP contribution is 2.16. The summed E-state index contributed by atoms with van der Waals surface area (Å²) in [7, 11) is 1.64. The standard InChI is InChI=1S/C22H24N4O3/c1-15(2)17-9-6-16(7-10-17)8-11-20(27)25-19-14-24-26(3)21(19)22(28)23-13-18-5-4-12-29-18/h4-12,14-15H,13H2,1-3H3,(H,23,28)(H,25,27)/b11-8+. The van der Waals surface area contributed by atoms with Crippen molar-refractivity contribution in [3.8, 4) is 0 Å². The average Bonchev–Trinajstić information content (AvgIpc) is 3.35. The highest BCUT2D eigenvalue weighted by molar-refractivity contribution is 6.06. The lowest BCUT2D eigenvalue weighted by atomic mass is 10.0. The molecule has 0 aliphatic rings. The van der Waals surface area contributed by atoms with Crippen LogP contribution in [0.15, 0.2) is 59.4 Å². The number of furan rings is 1. The Balaban J connectivity index is 1.63. The smallest absolute Gasteiger partial charge is 0.272 e. The first-order chi connectivity index (χ1) is 13.9. The molecule has 0 fully saturated rings. The molecule has 0 radical (unpaired) electrons. The molecule has 0 unspecified atom stereocenters. The number of carbonyl (C=O) groups excluding carboxylic acids is 2. The Labute approximate surface area is 169 Å². The van der Waals surface area contributed by atoms with Crippen LogP contribution in [0.1, 0.15) is 47.1 Å². The fourth-order valence-electron chi connectivity index (χ4n) is 2.80. The quantitative estimate of drug-likeness (QED) is 0.600. The molecule has 2 amide bonds. The van der Waals surface area contributed by atoms with E-state index in [9.17, 15) is 9.59 Å². The molecule has 0 saturated carbocycles. The van der Waals surface area contributed by atoms with Gasteiger partial charge in [-0.15, -0.1) is 0 Å². The molecule has 0 saturated heterocycles. The number of benzene rings is 1. The zero-order valence-corrected chi connectivity index (χ0v) is 16.7. The van der Waals surface area contributed by atoms with Crippen molar-refractivity contribution in [2.24, 2.45) is 7.05 Å². The highest BCUT2D eigenvalue weighted by Gasteiger charge is 2.18. The van der Waals surface area contributed by atoms with E-state index in [4.69, 9.17) is 4.42 Å². The van der Waals surface area contributed by atoms with Crippen LogP contribution >= 0.6 is 0 Å². The number of carbonyl (C=O) groups is 2. The highest BCUT2D eigenvalue weighted by atomic mass is 16.3. The van der Waals surface area contributed by atoms with Gasteiger partial charge in [0.1, 0.15) is 11.5 Å². The van der Waals surface area contributed by atoms with Crippen LogP contribution in [0.4, 0.5) is 5.69 Å². The first-order valence-electron chi connectivity index (χ1n) is 9.35. The van der Waals surface area contributed by atoms with Crippen molar-refractivity contribution in [1.29, 1.82) is 0 Å².